The number of carbonyl (C=O) groups is 1. The van der Waals surface area contributed by atoms with Crippen LogP contribution in [-0.2, 0) is 0 Å². The quantitative estimate of drug-likeness (QED) is 0.927. The van der Waals surface area contributed by atoms with Crippen molar-refractivity contribution in [1.82, 2.24) is 9.88 Å². The number of pyridine rings is 1. The number of benzene rings is 1. The van der Waals surface area contributed by atoms with Crippen molar-refractivity contribution in [2.45, 2.75) is 38.7 Å². The van der Waals surface area contributed by atoms with Gasteiger partial charge in [-0.25, -0.2) is 0 Å². The molecule has 1 heterocycles. The average molecular weight is 342 g/mol. The maximum atomic E-state index is 12.9. The highest BCUT2D eigenvalue weighted by atomic mass is 16.5. The second-order valence-electron chi connectivity index (χ2n) is 6.98. The SMILES string of the molecule is COc1ccc2cc(C(=O)N(C)CC3CCCCC3O)c(C)nc2c1. The number of amides is 1. The maximum absolute atomic E-state index is 12.9. The lowest BCUT2D eigenvalue weighted by Crippen LogP contribution is -2.38. The zero-order chi connectivity index (χ0) is 18.0. The Morgan fingerprint density at radius 3 is 2.80 bits per heavy atom. The van der Waals surface area contributed by atoms with Gasteiger partial charge in [-0.05, 0) is 38.0 Å². The summed E-state index contributed by atoms with van der Waals surface area (Å²) in [5, 5.41) is 11.1. The number of aryl methyl sites for hydroxylation is 1. The Hall–Kier alpha value is -2.14. The largest absolute Gasteiger partial charge is 0.497 e. The van der Waals surface area contributed by atoms with Crippen LogP contribution in [0.15, 0.2) is 24.3 Å². The van der Waals surface area contributed by atoms with Gasteiger partial charge in [-0.2, -0.15) is 0 Å². The van der Waals surface area contributed by atoms with Crippen LogP contribution in [0.4, 0.5) is 0 Å². The summed E-state index contributed by atoms with van der Waals surface area (Å²) < 4.78 is 5.23. The lowest BCUT2D eigenvalue weighted by atomic mass is 9.86. The van der Waals surface area contributed by atoms with Crippen molar-refractivity contribution >= 4 is 16.8 Å². The number of carbonyl (C=O) groups excluding carboxylic acids is 1. The molecule has 5 nitrogen and oxygen atoms in total. The van der Waals surface area contributed by atoms with Crippen LogP contribution in [0.25, 0.3) is 10.9 Å². The van der Waals surface area contributed by atoms with Crippen LogP contribution in [0.1, 0.15) is 41.7 Å². The Balaban J connectivity index is 1.82. The minimum atomic E-state index is -0.299. The van der Waals surface area contributed by atoms with E-state index in [1.165, 1.54) is 0 Å². The van der Waals surface area contributed by atoms with E-state index in [-0.39, 0.29) is 17.9 Å². The molecule has 2 atom stereocenters. The summed E-state index contributed by atoms with van der Waals surface area (Å²) in [5.41, 5.74) is 2.14. The smallest absolute Gasteiger partial charge is 0.255 e. The van der Waals surface area contributed by atoms with Gasteiger partial charge < -0.3 is 14.7 Å². The lowest BCUT2D eigenvalue weighted by Gasteiger charge is -2.31. The van der Waals surface area contributed by atoms with E-state index in [1.54, 1.807) is 19.1 Å². The molecule has 1 aliphatic rings. The molecule has 2 unspecified atom stereocenters. The first-order valence-electron chi connectivity index (χ1n) is 8.88. The molecule has 0 saturated heterocycles. The second kappa shape index (κ2) is 7.40. The minimum absolute atomic E-state index is 0.0412. The summed E-state index contributed by atoms with van der Waals surface area (Å²) in [4.78, 5) is 19.2. The van der Waals surface area contributed by atoms with Gasteiger partial charge in [0.15, 0.2) is 0 Å². The molecule has 1 amide bonds. The van der Waals surface area contributed by atoms with E-state index >= 15 is 0 Å². The van der Waals surface area contributed by atoms with Crippen molar-refractivity contribution in [3.8, 4) is 5.75 Å². The Labute approximate surface area is 148 Å². The molecule has 25 heavy (non-hydrogen) atoms. The van der Waals surface area contributed by atoms with E-state index in [9.17, 15) is 9.90 Å². The number of methoxy groups -OCH3 is 1. The summed E-state index contributed by atoms with van der Waals surface area (Å²) in [6, 6.07) is 7.56. The van der Waals surface area contributed by atoms with Crippen LogP contribution in [0.5, 0.6) is 5.75 Å². The number of aliphatic hydroxyl groups is 1. The number of hydrogen-bond acceptors (Lipinski definition) is 4. The summed E-state index contributed by atoms with van der Waals surface area (Å²) in [7, 11) is 3.43. The third-order valence-electron chi connectivity index (χ3n) is 5.17. The predicted octanol–water partition coefficient (Wildman–Crippen LogP) is 3.17. The van der Waals surface area contributed by atoms with E-state index in [0.717, 1.165) is 42.3 Å². The van der Waals surface area contributed by atoms with Gasteiger partial charge in [-0.1, -0.05) is 12.8 Å². The number of hydrogen-bond donors (Lipinski definition) is 1. The Morgan fingerprint density at radius 2 is 2.08 bits per heavy atom. The van der Waals surface area contributed by atoms with E-state index in [0.29, 0.717) is 17.8 Å². The molecule has 0 aliphatic heterocycles. The number of ether oxygens (including phenoxy) is 1. The summed E-state index contributed by atoms with van der Waals surface area (Å²) >= 11 is 0. The van der Waals surface area contributed by atoms with Gasteiger partial charge in [0.1, 0.15) is 5.75 Å². The van der Waals surface area contributed by atoms with E-state index in [1.807, 2.05) is 31.2 Å². The minimum Gasteiger partial charge on any atom is -0.497 e. The predicted molar refractivity (Wildman–Crippen MR) is 98.0 cm³/mol. The van der Waals surface area contributed by atoms with Crippen LogP contribution in [0, 0.1) is 12.8 Å². The molecule has 1 aliphatic carbocycles. The van der Waals surface area contributed by atoms with Crippen molar-refractivity contribution < 1.29 is 14.6 Å². The molecule has 1 aromatic heterocycles. The molecule has 134 valence electrons. The molecule has 0 spiro atoms. The first-order valence-corrected chi connectivity index (χ1v) is 8.88. The Kier molecular flexibility index (Phi) is 5.23. The number of aliphatic hydroxyl groups excluding tert-OH is 1. The zero-order valence-corrected chi connectivity index (χ0v) is 15.2. The molecule has 5 heteroatoms. The van der Waals surface area contributed by atoms with Crippen molar-refractivity contribution in [3.05, 3.63) is 35.5 Å². The molecule has 2 aromatic rings. The first kappa shape index (κ1) is 17.7. The molecule has 0 radical (unpaired) electrons. The third-order valence-corrected chi connectivity index (χ3v) is 5.17. The molecule has 1 aromatic carbocycles. The topological polar surface area (TPSA) is 62.7 Å². The highest BCUT2D eigenvalue weighted by molar-refractivity contribution is 5.98. The highest BCUT2D eigenvalue weighted by Gasteiger charge is 2.26. The van der Waals surface area contributed by atoms with Crippen molar-refractivity contribution in [2.24, 2.45) is 5.92 Å². The van der Waals surface area contributed by atoms with E-state index in [2.05, 4.69) is 4.98 Å². The molecule has 0 bridgehead atoms. The number of nitrogens with zero attached hydrogens (tertiary/aromatic N) is 2. The molecular formula is C20H26N2O3. The van der Waals surface area contributed by atoms with Gasteiger partial charge in [0.05, 0.1) is 30.0 Å². The first-order chi connectivity index (χ1) is 12.0. The lowest BCUT2D eigenvalue weighted by molar-refractivity contribution is 0.0451. The van der Waals surface area contributed by atoms with Gasteiger partial charge in [0.2, 0.25) is 0 Å². The van der Waals surface area contributed by atoms with Crippen molar-refractivity contribution in [2.75, 3.05) is 20.7 Å². The number of fused-ring (bicyclic) bond motifs is 1. The fourth-order valence-electron chi connectivity index (χ4n) is 3.63. The van der Waals surface area contributed by atoms with Gasteiger partial charge in [0.25, 0.3) is 5.91 Å². The van der Waals surface area contributed by atoms with Gasteiger partial charge in [0, 0.05) is 31.0 Å². The average Bonchev–Trinajstić information content (AvgIpc) is 2.61. The molecule has 3 rings (SSSR count). The standard InChI is InChI=1S/C20H26N2O3/c1-13-17(10-14-8-9-16(25-3)11-18(14)21-13)20(24)22(2)12-15-6-4-5-7-19(15)23/h8-11,15,19,23H,4-7,12H2,1-3H3. The Morgan fingerprint density at radius 1 is 1.32 bits per heavy atom. The normalized spacial score (nSPS) is 20.5. The maximum Gasteiger partial charge on any atom is 0.255 e. The van der Waals surface area contributed by atoms with Crippen molar-refractivity contribution in [1.29, 1.82) is 0 Å². The number of rotatable bonds is 4. The van der Waals surface area contributed by atoms with Crippen LogP contribution < -0.4 is 4.74 Å². The molecule has 1 fully saturated rings. The van der Waals surface area contributed by atoms with E-state index < -0.39 is 0 Å². The van der Waals surface area contributed by atoms with Crippen LogP contribution >= 0.6 is 0 Å². The molecular weight excluding hydrogens is 316 g/mol. The van der Waals surface area contributed by atoms with Gasteiger partial charge >= 0.3 is 0 Å². The third kappa shape index (κ3) is 3.76. The van der Waals surface area contributed by atoms with E-state index in [4.69, 9.17) is 4.74 Å². The fraction of sp³-hybridized carbons (Fsp3) is 0.500. The molecule has 1 N–H and O–H groups in total. The van der Waals surface area contributed by atoms with Gasteiger partial charge in [-0.15, -0.1) is 0 Å². The van der Waals surface area contributed by atoms with Crippen molar-refractivity contribution in [3.63, 3.8) is 0 Å². The highest BCUT2D eigenvalue weighted by Crippen LogP contribution is 2.26. The summed E-state index contributed by atoms with van der Waals surface area (Å²) in [5.74, 6) is 0.878. The molecule has 1 saturated carbocycles. The Bertz CT molecular complexity index is 775. The second-order valence-corrected chi connectivity index (χ2v) is 6.98. The van der Waals surface area contributed by atoms with Crippen LogP contribution in [-0.4, -0.2) is 47.7 Å². The summed E-state index contributed by atoms with van der Waals surface area (Å²) in [6.45, 7) is 2.44. The fourth-order valence-corrected chi connectivity index (χ4v) is 3.63. The van der Waals surface area contributed by atoms with Gasteiger partial charge in [-0.3, -0.25) is 9.78 Å². The zero-order valence-electron chi connectivity index (χ0n) is 15.2. The monoisotopic (exact) mass is 342 g/mol. The van der Waals surface area contributed by atoms with Crippen LogP contribution in [0.3, 0.4) is 0 Å². The summed E-state index contributed by atoms with van der Waals surface area (Å²) in [6.07, 6.45) is 3.72. The van der Waals surface area contributed by atoms with Crippen LogP contribution in [0.2, 0.25) is 0 Å². The number of aromatic nitrogens is 1.